The fourth-order valence-corrected chi connectivity index (χ4v) is 4.75. The number of para-hydroxylation sites is 1. The van der Waals surface area contributed by atoms with Crippen LogP contribution >= 0.6 is 0 Å². The number of carbonyl (C=O) groups is 3. The molecule has 0 radical (unpaired) electrons. The molecule has 0 saturated carbocycles. The van der Waals surface area contributed by atoms with Gasteiger partial charge in [0.05, 0.1) is 39.2 Å². The SMILES string of the molecule is COc1cc([N+](C)(CCC(C(=O)O)C2CCNCC2)C(C)=O)ccc1NC(=O)Nc1ccccc1C. The standard InChI is InChI=1S/C27H36N4O5/c1-18-7-5-6-8-23(18)29-27(35)30-24-10-9-21(17-25(24)36-4)31(3,19(2)32)16-13-22(26(33)34)20-11-14-28-15-12-20/h5-10,17,20,22,28H,11-16H2,1-4H3,(H2-,29,30,33,34,35)/p+1. The van der Waals surface area contributed by atoms with E-state index in [1.807, 2.05) is 31.2 Å². The fourth-order valence-electron chi connectivity index (χ4n) is 4.75. The van der Waals surface area contributed by atoms with Crippen LogP contribution in [0.4, 0.5) is 21.9 Å². The van der Waals surface area contributed by atoms with Gasteiger partial charge < -0.3 is 25.8 Å². The number of nitrogens with zero attached hydrogens (tertiary/aromatic N) is 1. The molecule has 3 amide bonds. The molecule has 9 heteroatoms. The molecule has 36 heavy (non-hydrogen) atoms. The number of benzene rings is 2. The molecule has 1 aliphatic rings. The van der Waals surface area contributed by atoms with Gasteiger partial charge in [0.2, 0.25) is 0 Å². The molecule has 0 aromatic heterocycles. The lowest BCUT2D eigenvalue weighted by Crippen LogP contribution is -2.51. The second-order valence-electron chi connectivity index (χ2n) is 9.53. The largest absolute Gasteiger partial charge is 0.494 e. The van der Waals surface area contributed by atoms with Gasteiger partial charge in [-0.15, -0.1) is 0 Å². The van der Waals surface area contributed by atoms with Crippen molar-refractivity contribution in [3.05, 3.63) is 48.0 Å². The van der Waals surface area contributed by atoms with Crippen molar-refractivity contribution in [2.24, 2.45) is 11.8 Å². The second-order valence-corrected chi connectivity index (χ2v) is 9.53. The zero-order valence-corrected chi connectivity index (χ0v) is 21.5. The number of anilines is 2. The summed E-state index contributed by atoms with van der Waals surface area (Å²) in [5.41, 5.74) is 2.76. The number of urea groups is 1. The monoisotopic (exact) mass is 497 g/mol. The first-order valence-corrected chi connectivity index (χ1v) is 12.3. The molecule has 194 valence electrons. The summed E-state index contributed by atoms with van der Waals surface area (Å²) in [7, 11) is 3.29. The molecule has 2 aromatic carbocycles. The predicted molar refractivity (Wildman–Crippen MR) is 141 cm³/mol. The quantitative estimate of drug-likeness (QED) is 0.386. The number of amides is 3. The van der Waals surface area contributed by atoms with E-state index >= 15 is 0 Å². The number of carbonyl (C=O) groups excluding carboxylic acids is 2. The molecule has 4 N–H and O–H groups in total. The van der Waals surface area contributed by atoms with Crippen LogP contribution in [0.2, 0.25) is 0 Å². The van der Waals surface area contributed by atoms with Crippen molar-refractivity contribution in [2.45, 2.75) is 33.1 Å². The Labute approximate surface area is 212 Å². The molecule has 0 bridgehead atoms. The van der Waals surface area contributed by atoms with Crippen LogP contribution in [0.25, 0.3) is 0 Å². The van der Waals surface area contributed by atoms with Gasteiger partial charge in [-0.2, -0.15) is 0 Å². The smallest absolute Gasteiger partial charge is 0.323 e. The highest BCUT2D eigenvalue weighted by molar-refractivity contribution is 6.01. The molecule has 1 fully saturated rings. The maximum atomic E-state index is 12.8. The number of piperidine rings is 1. The summed E-state index contributed by atoms with van der Waals surface area (Å²) in [6.45, 7) is 5.40. The minimum absolute atomic E-state index is 0.0687. The number of hydrogen-bond donors (Lipinski definition) is 4. The van der Waals surface area contributed by atoms with Crippen LogP contribution in [0.1, 0.15) is 31.7 Å². The third-order valence-corrected chi connectivity index (χ3v) is 7.25. The molecule has 3 rings (SSSR count). The number of rotatable bonds is 9. The van der Waals surface area contributed by atoms with E-state index in [9.17, 15) is 19.5 Å². The van der Waals surface area contributed by atoms with Gasteiger partial charge >= 0.3 is 17.9 Å². The lowest BCUT2D eigenvalue weighted by atomic mass is 9.82. The Kier molecular flexibility index (Phi) is 9.06. The van der Waals surface area contributed by atoms with E-state index in [0.717, 1.165) is 31.5 Å². The van der Waals surface area contributed by atoms with E-state index in [4.69, 9.17) is 4.74 Å². The number of aliphatic carboxylic acids is 1. The van der Waals surface area contributed by atoms with E-state index in [2.05, 4.69) is 16.0 Å². The zero-order chi connectivity index (χ0) is 26.3. The highest BCUT2D eigenvalue weighted by Crippen LogP contribution is 2.34. The molecule has 1 heterocycles. The number of methoxy groups -OCH3 is 1. The fraction of sp³-hybridized carbons (Fsp3) is 0.444. The van der Waals surface area contributed by atoms with Crippen LogP contribution in [-0.4, -0.2) is 56.8 Å². The number of quaternary nitrogens is 1. The topological polar surface area (TPSA) is 117 Å². The van der Waals surface area contributed by atoms with Gasteiger partial charge in [-0.05, 0) is 56.5 Å². The van der Waals surface area contributed by atoms with Crippen LogP contribution in [0.3, 0.4) is 0 Å². The van der Waals surface area contributed by atoms with E-state index in [0.29, 0.717) is 35.8 Å². The van der Waals surface area contributed by atoms with Crippen molar-refractivity contribution in [1.29, 1.82) is 0 Å². The maximum absolute atomic E-state index is 12.8. The van der Waals surface area contributed by atoms with Crippen LogP contribution < -0.4 is 25.2 Å². The lowest BCUT2D eigenvalue weighted by molar-refractivity contribution is -0.145. The average Bonchev–Trinajstić information content (AvgIpc) is 2.86. The molecule has 2 unspecified atom stereocenters. The highest BCUT2D eigenvalue weighted by Gasteiger charge is 2.36. The summed E-state index contributed by atoms with van der Waals surface area (Å²) in [5, 5.41) is 18.8. The van der Waals surface area contributed by atoms with E-state index in [1.165, 1.54) is 14.0 Å². The summed E-state index contributed by atoms with van der Waals surface area (Å²) in [4.78, 5) is 37.4. The molecule has 2 atom stereocenters. The Bertz CT molecular complexity index is 1100. The third-order valence-electron chi connectivity index (χ3n) is 7.25. The summed E-state index contributed by atoms with van der Waals surface area (Å²) in [6, 6.07) is 12.3. The van der Waals surface area contributed by atoms with E-state index < -0.39 is 17.9 Å². The van der Waals surface area contributed by atoms with Crippen molar-refractivity contribution in [1.82, 2.24) is 9.80 Å². The summed E-state index contributed by atoms with van der Waals surface area (Å²) >= 11 is 0. The summed E-state index contributed by atoms with van der Waals surface area (Å²) < 4.78 is 5.46. The molecule has 2 aromatic rings. The van der Waals surface area contributed by atoms with Crippen molar-refractivity contribution in [2.75, 3.05) is 44.4 Å². The Morgan fingerprint density at radius 1 is 1.11 bits per heavy atom. The van der Waals surface area contributed by atoms with Crippen molar-refractivity contribution >= 4 is 35.0 Å². The number of aryl methyl sites for hydroxylation is 1. The van der Waals surface area contributed by atoms with E-state index in [-0.39, 0.29) is 16.3 Å². The van der Waals surface area contributed by atoms with Crippen molar-refractivity contribution in [3.8, 4) is 5.75 Å². The maximum Gasteiger partial charge on any atom is 0.323 e. The first kappa shape index (κ1) is 27.2. The molecule has 0 aliphatic carbocycles. The Morgan fingerprint density at radius 3 is 2.39 bits per heavy atom. The molecule has 0 spiro atoms. The molecule has 9 nitrogen and oxygen atoms in total. The number of nitrogens with one attached hydrogen (secondary N) is 3. The first-order valence-electron chi connectivity index (χ1n) is 12.3. The van der Waals surface area contributed by atoms with Gasteiger partial charge in [0.15, 0.2) is 0 Å². The van der Waals surface area contributed by atoms with Gasteiger partial charge in [0.25, 0.3) is 0 Å². The van der Waals surface area contributed by atoms with Gasteiger partial charge in [-0.25, -0.2) is 14.1 Å². The van der Waals surface area contributed by atoms with Crippen molar-refractivity contribution < 1.29 is 24.2 Å². The van der Waals surface area contributed by atoms with Gasteiger partial charge in [0, 0.05) is 24.2 Å². The number of carboxylic acids is 1. The second kappa shape index (κ2) is 12.0. The minimum Gasteiger partial charge on any atom is -0.494 e. The highest BCUT2D eigenvalue weighted by atomic mass is 16.5. The first-order chi connectivity index (χ1) is 17.2. The minimum atomic E-state index is -0.811. The Balaban J connectivity index is 1.78. The molecule has 1 aliphatic heterocycles. The van der Waals surface area contributed by atoms with Gasteiger partial charge in [-0.1, -0.05) is 18.2 Å². The third kappa shape index (κ3) is 6.41. The van der Waals surface area contributed by atoms with Crippen LogP contribution in [0.5, 0.6) is 5.75 Å². The lowest BCUT2D eigenvalue weighted by Gasteiger charge is -2.34. The number of ether oxygens (including phenoxy) is 1. The summed E-state index contributed by atoms with van der Waals surface area (Å²) in [5.74, 6) is -0.918. The molecule has 1 saturated heterocycles. The number of hydrogen-bond acceptors (Lipinski definition) is 5. The van der Waals surface area contributed by atoms with Crippen molar-refractivity contribution in [3.63, 3.8) is 0 Å². The molecular weight excluding hydrogens is 460 g/mol. The average molecular weight is 498 g/mol. The van der Waals surface area contributed by atoms with Gasteiger partial charge in [-0.3, -0.25) is 4.79 Å². The van der Waals surface area contributed by atoms with E-state index in [1.54, 1.807) is 25.2 Å². The predicted octanol–water partition coefficient (Wildman–Crippen LogP) is 4.22. The summed E-state index contributed by atoms with van der Waals surface area (Å²) in [6.07, 6.45) is 2.02. The normalized spacial score (nSPS) is 16.4. The zero-order valence-electron chi connectivity index (χ0n) is 21.5. The Morgan fingerprint density at radius 2 is 1.78 bits per heavy atom. The van der Waals surface area contributed by atoms with Crippen LogP contribution in [0.15, 0.2) is 42.5 Å². The van der Waals surface area contributed by atoms with Gasteiger partial charge in [0.1, 0.15) is 11.4 Å². The van der Waals surface area contributed by atoms with Crippen LogP contribution in [0, 0.1) is 18.8 Å². The molecular formula is C27H37N4O5+. The number of carboxylic acid groups (broad SMARTS) is 1. The van der Waals surface area contributed by atoms with Crippen LogP contribution in [-0.2, 0) is 9.59 Å². The Hall–Kier alpha value is -3.43.